The maximum Gasteiger partial charge on any atom is 0.270 e. The van der Waals surface area contributed by atoms with E-state index in [4.69, 9.17) is 10.5 Å². The average molecular weight is 252 g/mol. The van der Waals surface area contributed by atoms with Gasteiger partial charge < -0.3 is 15.3 Å². The minimum absolute atomic E-state index is 0.0638. The number of nitrogens with zero attached hydrogens (tertiary/aromatic N) is 2. The molecule has 0 spiro atoms. The van der Waals surface area contributed by atoms with Crippen LogP contribution in [0.1, 0.15) is 5.56 Å². The van der Waals surface area contributed by atoms with Crippen molar-refractivity contribution in [2.45, 2.75) is 0 Å². The van der Waals surface area contributed by atoms with E-state index < -0.39 is 4.92 Å². The molecular formula is C11H16N4O3. The number of amidine groups is 1. The van der Waals surface area contributed by atoms with Crippen LogP contribution in [0.2, 0.25) is 0 Å². The Morgan fingerprint density at radius 3 is 2.78 bits per heavy atom. The summed E-state index contributed by atoms with van der Waals surface area (Å²) < 4.78 is 0. The molecule has 0 fully saturated rings. The molecule has 98 valence electrons. The van der Waals surface area contributed by atoms with Crippen molar-refractivity contribution in [3.05, 3.63) is 33.9 Å². The molecule has 0 aliphatic rings. The van der Waals surface area contributed by atoms with Gasteiger partial charge in [-0.3, -0.25) is 15.5 Å². The van der Waals surface area contributed by atoms with Gasteiger partial charge in [0.05, 0.1) is 11.5 Å². The Morgan fingerprint density at radius 1 is 1.61 bits per heavy atom. The summed E-state index contributed by atoms with van der Waals surface area (Å²) in [5.74, 6) is 0.122. The zero-order chi connectivity index (χ0) is 13.7. The standard InChI is InChI=1S/C11H16N4O3/c1-13-10-4-3-8(15(17)18)7-9(10)11(12)14(2)5-6-16/h3-4,7,12-13,16H,5-6H2,1-2H3. The second-order valence-corrected chi connectivity index (χ2v) is 3.73. The van der Waals surface area contributed by atoms with Crippen LogP contribution in [0, 0.1) is 15.5 Å². The molecule has 0 aliphatic heterocycles. The molecule has 0 heterocycles. The van der Waals surface area contributed by atoms with Crippen LogP contribution in [0.15, 0.2) is 18.2 Å². The van der Waals surface area contributed by atoms with Gasteiger partial charge in [0.1, 0.15) is 5.84 Å². The first kappa shape index (κ1) is 13.9. The number of likely N-dealkylation sites (N-methyl/N-ethyl adjacent to an activating group) is 1. The molecule has 0 aromatic heterocycles. The fourth-order valence-corrected chi connectivity index (χ4v) is 1.53. The largest absolute Gasteiger partial charge is 0.395 e. The summed E-state index contributed by atoms with van der Waals surface area (Å²) in [6.07, 6.45) is 0. The lowest BCUT2D eigenvalue weighted by Gasteiger charge is -2.20. The van der Waals surface area contributed by atoms with E-state index in [1.165, 1.54) is 17.0 Å². The van der Waals surface area contributed by atoms with Gasteiger partial charge in [-0.2, -0.15) is 0 Å². The highest BCUT2D eigenvalue weighted by molar-refractivity contribution is 6.01. The highest BCUT2D eigenvalue weighted by Gasteiger charge is 2.16. The predicted octanol–water partition coefficient (Wildman–Crippen LogP) is 0.886. The molecule has 0 amide bonds. The molecule has 0 atom stereocenters. The van der Waals surface area contributed by atoms with Crippen molar-refractivity contribution < 1.29 is 10.0 Å². The Morgan fingerprint density at radius 2 is 2.28 bits per heavy atom. The highest BCUT2D eigenvalue weighted by atomic mass is 16.6. The first-order valence-electron chi connectivity index (χ1n) is 5.38. The van der Waals surface area contributed by atoms with Gasteiger partial charge in [-0.1, -0.05) is 0 Å². The lowest BCUT2D eigenvalue weighted by atomic mass is 10.1. The lowest BCUT2D eigenvalue weighted by Crippen LogP contribution is -2.30. The van der Waals surface area contributed by atoms with E-state index in [0.717, 1.165) is 0 Å². The van der Waals surface area contributed by atoms with Crippen molar-refractivity contribution in [3.63, 3.8) is 0 Å². The van der Waals surface area contributed by atoms with E-state index >= 15 is 0 Å². The van der Waals surface area contributed by atoms with Crippen molar-refractivity contribution in [1.29, 1.82) is 5.41 Å². The van der Waals surface area contributed by atoms with Crippen LogP contribution in [0.25, 0.3) is 0 Å². The van der Waals surface area contributed by atoms with Crippen LogP contribution in [-0.4, -0.2) is 48.0 Å². The maximum absolute atomic E-state index is 10.7. The van der Waals surface area contributed by atoms with E-state index in [1.807, 2.05) is 0 Å². The number of hydrogen-bond acceptors (Lipinski definition) is 5. The van der Waals surface area contributed by atoms with Crippen LogP contribution in [0.3, 0.4) is 0 Å². The van der Waals surface area contributed by atoms with Crippen LogP contribution in [0.5, 0.6) is 0 Å². The molecule has 18 heavy (non-hydrogen) atoms. The number of nitro groups is 1. The third-order valence-electron chi connectivity index (χ3n) is 2.56. The number of benzene rings is 1. The summed E-state index contributed by atoms with van der Waals surface area (Å²) in [6, 6.07) is 4.30. The number of non-ortho nitro benzene ring substituents is 1. The van der Waals surface area contributed by atoms with Gasteiger partial charge in [0.25, 0.3) is 5.69 Å². The number of nitro benzene ring substituents is 1. The van der Waals surface area contributed by atoms with Crippen LogP contribution in [-0.2, 0) is 0 Å². The first-order valence-corrected chi connectivity index (χ1v) is 5.38. The van der Waals surface area contributed by atoms with Crippen molar-refractivity contribution in [2.24, 2.45) is 0 Å². The van der Waals surface area contributed by atoms with Crippen molar-refractivity contribution in [2.75, 3.05) is 32.6 Å². The molecule has 0 bridgehead atoms. The minimum atomic E-state index is -0.498. The molecule has 0 unspecified atom stereocenters. The third kappa shape index (κ3) is 2.95. The average Bonchev–Trinajstić information content (AvgIpc) is 2.37. The molecule has 0 saturated heterocycles. The van der Waals surface area contributed by atoms with E-state index in [0.29, 0.717) is 17.8 Å². The summed E-state index contributed by atoms with van der Waals surface area (Å²) >= 11 is 0. The van der Waals surface area contributed by atoms with E-state index in [1.54, 1.807) is 20.2 Å². The van der Waals surface area contributed by atoms with Crippen molar-refractivity contribution in [1.82, 2.24) is 4.90 Å². The van der Waals surface area contributed by atoms with Crippen LogP contribution >= 0.6 is 0 Å². The van der Waals surface area contributed by atoms with E-state index in [2.05, 4.69) is 5.32 Å². The molecule has 7 nitrogen and oxygen atoms in total. The normalized spacial score (nSPS) is 9.94. The molecule has 0 saturated carbocycles. The van der Waals surface area contributed by atoms with Gasteiger partial charge in [0.15, 0.2) is 0 Å². The SMILES string of the molecule is CNc1ccc([N+](=O)[O-])cc1C(=N)N(C)CCO. The topological polar surface area (TPSA) is 102 Å². The Kier molecular flexibility index (Phi) is 4.61. The number of aliphatic hydroxyl groups is 1. The van der Waals surface area contributed by atoms with Gasteiger partial charge in [-0.25, -0.2) is 0 Å². The molecule has 0 aliphatic carbocycles. The zero-order valence-corrected chi connectivity index (χ0v) is 10.3. The molecule has 0 radical (unpaired) electrons. The van der Waals surface area contributed by atoms with Gasteiger partial charge in [0, 0.05) is 44.0 Å². The monoisotopic (exact) mass is 252 g/mol. The summed E-state index contributed by atoms with van der Waals surface area (Å²) in [7, 11) is 3.33. The van der Waals surface area contributed by atoms with Gasteiger partial charge in [-0.05, 0) is 6.07 Å². The number of aliphatic hydroxyl groups excluding tert-OH is 1. The van der Waals surface area contributed by atoms with Gasteiger partial charge in [-0.15, -0.1) is 0 Å². The third-order valence-corrected chi connectivity index (χ3v) is 2.56. The lowest BCUT2D eigenvalue weighted by molar-refractivity contribution is -0.384. The second-order valence-electron chi connectivity index (χ2n) is 3.73. The number of rotatable bonds is 5. The van der Waals surface area contributed by atoms with E-state index in [9.17, 15) is 10.1 Å². The van der Waals surface area contributed by atoms with Gasteiger partial charge in [0.2, 0.25) is 0 Å². The molecular weight excluding hydrogens is 236 g/mol. The summed E-state index contributed by atoms with van der Waals surface area (Å²) in [5, 5.41) is 30.4. The maximum atomic E-state index is 10.7. The molecule has 1 rings (SSSR count). The minimum Gasteiger partial charge on any atom is -0.395 e. The second kappa shape index (κ2) is 5.97. The molecule has 7 heteroatoms. The summed E-state index contributed by atoms with van der Waals surface area (Å²) in [6.45, 7) is 0.216. The van der Waals surface area contributed by atoms with Crippen LogP contribution in [0.4, 0.5) is 11.4 Å². The zero-order valence-electron chi connectivity index (χ0n) is 10.3. The molecule has 1 aromatic rings. The van der Waals surface area contributed by atoms with Gasteiger partial charge >= 0.3 is 0 Å². The fourth-order valence-electron chi connectivity index (χ4n) is 1.53. The number of nitrogens with one attached hydrogen (secondary N) is 2. The Hall–Kier alpha value is -2.15. The Balaban J connectivity index is 3.15. The van der Waals surface area contributed by atoms with E-state index in [-0.39, 0.29) is 18.1 Å². The first-order chi connectivity index (χ1) is 8.51. The predicted molar refractivity (Wildman–Crippen MR) is 69.2 cm³/mol. The van der Waals surface area contributed by atoms with Crippen molar-refractivity contribution >= 4 is 17.2 Å². The Bertz CT molecular complexity index is 462. The number of anilines is 1. The smallest absolute Gasteiger partial charge is 0.270 e. The van der Waals surface area contributed by atoms with Crippen molar-refractivity contribution in [3.8, 4) is 0 Å². The summed E-state index contributed by atoms with van der Waals surface area (Å²) in [4.78, 5) is 11.8. The quantitative estimate of drug-likeness (QED) is 0.312. The number of hydrogen-bond donors (Lipinski definition) is 3. The summed E-state index contributed by atoms with van der Waals surface area (Å²) in [5.41, 5.74) is 1.00. The van der Waals surface area contributed by atoms with Crippen LogP contribution < -0.4 is 5.32 Å². The highest BCUT2D eigenvalue weighted by Crippen LogP contribution is 2.22. The fraction of sp³-hybridized carbons (Fsp3) is 0.364. The molecule has 1 aromatic carbocycles. The Labute approximate surface area is 105 Å². The molecule has 3 N–H and O–H groups in total.